The van der Waals surface area contributed by atoms with E-state index in [4.69, 9.17) is 0 Å². The molecule has 0 aromatic heterocycles. The largest absolute Gasteiger partial charge is 0.269 e. The monoisotopic (exact) mass is 424 g/mol. The third-order valence-corrected chi connectivity index (χ3v) is 5.64. The molecule has 2 aliphatic carbocycles. The molecule has 2 nitrogen and oxygen atoms in total. The number of rotatable bonds is 6. The molecule has 174 valence electrons. The van der Waals surface area contributed by atoms with Gasteiger partial charge in [-0.15, -0.1) is 0 Å². The molecule has 0 fully saturated rings. The Bertz CT molecular complexity index is 672. The molecule has 0 aromatic carbocycles. The third kappa shape index (κ3) is 8.06. The summed E-state index contributed by atoms with van der Waals surface area (Å²) in [5.41, 5.74) is 3.53. The van der Waals surface area contributed by atoms with E-state index in [1.165, 1.54) is 11.1 Å². The van der Waals surface area contributed by atoms with Gasteiger partial charge in [0.25, 0.3) is 0 Å². The maximum absolute atomic E-state index is 3.87. The Labute approximate surface area is 194 Å². The predicted molar refractivity (Wildman–Crippen MR) is 136 cm³/mol. The van der Waals surface area contributed by atoms with Crippen molar-refractivity contribution in [3.63, 3.8) is 0 Å². The topological polar surface area (TPSA) is 6.48 Å². The average Bonchev–Trinajstić information content (AvgIpc) is 3.20. The van der Waals surface area contributed by atoms with E-state index in [1.54, 1.807) is 0 Å². The van der Waals surface area contributed by atoms with Gasteiger partial charge in [-0.1, -0.05) is 120 Å². The second kappa shape index (κ2) is 9.02. The second-order valence-corrected chi connectivity index (χ2v) is 13.9. The fourth-order valence-electron chi connectivity index (χ4n) is 3.98. The van der Waals surface area contributed by atoms with Crippen molar-refractivity contribution in [3.8, 4) is 0 Å². The van der Waals surface area contributed by atoms with Crippen molar-refractivity contribution in [2.45, 2.75) is 95.2 Å². The number of hydrogen-bond acceptors (Lipinski definition) is 2. The summed E-state index contributed by atoms with van der Waals surface area (Å²) in [5.74, 6) is 0. The van der Waals surface area contributed by atoms with Gasteiger partial charge in [0.2, 0.25) is 0 Å². The van der Waals surface area contributed by atoms with Crippen molar-refractivity contribution in [1.82, 2.24) is 9.80 Å². The fraction of sp³-hybridized carbons (Fsp3) is 0.690. The summed E-state index contributed by atoms with van der Waals surface area (Å²) in [6, 6.07) is 0.514. The predicted octanol–water partition coefficient (Wildman–Crippen LogP) is 7.50. The minimum atomic E-state index is 0.169. The van der Waals surface area contributed by atoms with Gasteiger partial charge < -0.3 is 0 Å². The van der Waals surface area contributed by atoms with Crippen LogP contribution in [-0.4, -0.2) is 35.0 Å². The minimum absolute atomic E-state index is 0.169. The van der Waals surface area contributed by atoms with Crippen LogP contribution in [0.4, 0.5) is 0 Å². The quantitative estimate of drug-likeness (QED) is 0.407. The van der Waals surface area contributed by atoms with Crippen LogP contribution in [0.15, 0.2) is 47.6 Å². The molecular formula is C29H48N2. The molecule has 0 saturated heterocycles. The first kappa shape index (κ1) is 26.1. The van der Waals surface area contributed by atoms with E-state index in [-0.39, 0.29) is 33.7 Å². The summed E-state index contributed by atoms with van der Waals surface area (Å²) in [4.78, 5) is 4.86. The Morgan fingerprint density at radius 3 is 1.16 bits per heavy atom. The Balaban J connectivity index is 2.33. The molecule has 0 bridgehead atoms. The van der Waals surface area contributed by atoms with Gasteiger partial charge in [-0.05, 0) is 32.8 Å². The van der Waals surface area contributed by atoms with E-state index in [2.05, 4.69) is 136 Å². The Morgan fingerprint density at radius 2 is 0.935 bits per heavy atom. The van der Waals surface area contributed by atoms with Crippen molar-refractivity contribution in [2.24, 2.45) is 21.7 Å². The molecule has 0 heterocycles. The standard InChI is InChI=1S/C29H48N2/c1-26(2,3)19-30(24-15-13-22(17-24)28(7,8)9)21-31(20-27(4,5)6)25-16-14-23(18-25)29(10,11)12/h13-18,24-25H,19-20H2,1-12H3. The van der Waals surface area contributed by atoms with Crippen LogP contribution >= 0.6 is 0 Å². The summed E-state index contributed by atoms with van der Waals surface area (Å²) in [6.45, 7) is 33.4. The van der Waals surface area contributed by atoms with Crippen molar-refractivity contribution in [1.29, 1.82) is 0 Å². The molecule has 2 rings (SSSR count). The number of nitrogens with zero attached hydrogens (tertiary/aromatic N) is 2. The van der Waals surface area contributed by atoms with E-state index in [9.17, 15) is 0 Å². The highest BCUT2D eigenvalue weighted by Crippen LogP contribution is 2.35. The molecule has 0 N–H and O–H groups in total. The molecule has 2 radical (unpaired) electrons. The summed E-state index contributed by atoms with van der Waals surface area (Å²) in [7, 11) is 0. The van der Waals surface area contributed by atoms with Crippen LogP contribution in [0.3, 0.4) is 0 Å². The average molecular weight is 425 g/mol. The molecule has 2 atom stereocenters. The van der Waals surface area contributed by atoms with Crippen molar-refractivity contribution < 1.29 is 0 Å². The molecule has 31 heavy (non-hydrogen) atoms. The molecule has 0 spiro atoms. The normalized spacial score (nSPS) is 22.6. The van der Waals surface area contributed by atoms with Crippen molar-refractivity contribution in [2.75, 3.05) is 13.1 Å². The van der Waals surface area contributed by atoms with E-state index in [0.717, 1.165) is 13.1 Å². The molecular weight excluding hydrogens is 376 g/mol. The lowest BCUT2D eigenvalue weighted by atomic mass is 9.87. The molecule has 2 aliphatic rings. The lowest BCUT2D eigenvalue weighted by Gasteiger charge is -2.39. The highest BCUT2D eigenvalue weighted by molar-refractivity contribution is 5.37. The highest BCUT2D eigenvalue weighted by atomic mass is 15.3. The van der Waals surface area contributed by atoms with Gasteiger partial charge in [0.15, 0.2) is 0 Å². The van der Waals surface area contributed by atoms with Gasteiger partial charge >= 0.3 is 0 Å². The zero-order chi connectivity index (χ0) is 23.8. The first-order valence-corrected chi connectivity index (χ1v) is 12.0. The van der Waals surface area contributed by atoms with Crippen LogP contribution < -0.4 is 0 Å². The van der Waals surface area contributed by atoms with E-state index < -0.39 is 0 Å². The lowest BCUT2D eigenvalue weighted by Crippen LogP contribution is -2.46. The van der Waals surface area contributed by atoms with Gasteiger partial charge in [0.1, 0.15) is 6.67 Å². The molecule has 0 aliphatic heterocycles. The maximum Gasteiger partial charge on any atom is 0.148 e. The van der Waals surface area contributed by atoms with Gasteiger partial charge in [0.05, 0.1) is 0 Å². The molecule has 2 unspecified atom stereocenters. The zero-order valence-electron chi connectivity index (χ0n) is 22.4. The van der Waals surface area contributed by atoms with Crippen molar-refractivity contribution in [3.05, 3.63) is 54.3 Å². The van der Waals surface area contributed by atoms with Gasteiger partial charge in [-0.25, -0.2) is 0 Å². The van der Waals surface area contributed by atoms with Gasteiger partial charge in [-0.3, -0.25) is 9.80 Å². The first-order valence-electron chi connectivity index (χ1n) is 12.0. The van der Waals surface area contributed by atoms with Crippen LogP contribution in [0.25, 0.3) is 0 Å². The number of hydrogen-bond donors (Lipinski definition) is 0. The maximum atomic E-state index is 3.87. The first-order chi connectivity index (χ1) is 13.9. The lowest BCUT2D eigenvalue weighted by molar-refractivity contribution is 0.115. The molecule has 0 saturated carbocycles. The SMILES string of the molecule is CC(C)(C)CN([C]N(CC(C)(C)C)C1C=CC(C(C)(C)C)=C1)C1C=CC(C(C)(C)C)=C1. The Hall–Kier alpha value is -1.12. The van der Waals surface area contributed by atoms with Crippen molar-refractivity contribution >= 4 is 0 Å². The third-order valence-electron chi connectivity index (χ3n) is 5.64. The molecule has 0 aromatic rings. The zero-order valence-corrected chi connectivity index (χ0v) is 22.4. The summed E-state index contributed by atoms with van der Waals surface area (Å²) in [6.07, 6.45) is 14.2. The second-order valence-electron chi connectivity index (χ2n) is 13.9. The van der Waals surface area contributed by atoms with E-state index >= 15 is 0 Å². The molecule has 2 heteroatoms. The summed E-state index contributed by atoms with van der Waals surface area (Å²) < 4.78 is 0. The Kier molecular flexibility index (Phi) is 7.61. The fourth-order valence-corrected chi connectivity index (χ4v) is 3.98. The van der Waals surface area contributed by atoms with E-state index in [0.29, 0.717) is 0 Å². The van der Waals surface area contributed by atoms with Gasteiger partial charge in [-0.2, -0.15) is 0 Å². The number of allylic oxidation sites excluding steroid dienone is 4. The van der Waals surface area contributed by atoms with Crippen LogP contribution in [0.1, 0.15) is 83.1 Å². The molecule has 0 amide bonds. The minimum Gasteiger partial charge on any atom is -0.269 e. The van der Waals surface area contributed by atoms with Crippen LogP contribution in [-0.2, 0) is 0 Å². The summed E-state index contributed by atoms with van der Waals surface area (Å²) in [5, 5.41) is 0. The van der Waals surface area contributed by atoms with Gasteiger partial charge in [0, 0.05) is 25.2 Å². The smallest absolute Gasteiger partial charge is 0.148 e. The summed E-state index contributed by atoms with van der Waals surface area (Å²) >= 11 is 0. The van der Waals surface area contributed by atoms with Crippen LogP contribution in [0.2, 0.25) is 0 Å². The van der Waals surface area contributed by atoms with Crippen LogP contribution in [0.5, 0.6) is 0 Å². The van der Waals surface area contributed by atoms with Crippen LogP contribution in [0, 0.1) is 28.3 Å². The van der Waals surface area contributed by atoms with E-state index in [1.807, 2.05) is 0 Å². The highest BCUT2D eigenvalue weighted by Gasteiger charge is 2.33. The Morgan fingerprint density at radius 1 is 0.613 bits per heavy atom.